The summed E-state index contributed by atoms with van der Waals surface area (Å²) in [5.41, 5.74) is -3.12. The van der Waals surface area contributed by atoms with Gasteiger partial charge in [-0.15, -0.1) is 0 Å². The summed E-state index contributed by atoms with van der Waals surface area (Å²) < 4.78 is 55.5. The second kappa shape index (κ2) is 13.7. The summed E-state index contributed by atoms with van der Waals surface area (Å²) in [5.74, 6) is -3.23. The maximum Gasteiger partial charge on any atom is 0.422 e. The Morgan fingerprint density at radius 3 is 2.37 bits per heavy atom. The van der Waals surface area contributed by atoms with Gasteiger partial charge in [0.15, 0.2) is 6.61 Å². The van der Waals surface area contributed by atoms with Crippen molar-refractivity contribution in [3.8, 4) is 11.6 Å². The summed E-state index contributed by atoms with van der Waals surface area (Å²) in [6.07, 6.45) is -5.80. The quantitative estimate of drug-likeness (QED) is 0.290. The van der Waals surface area contributed by atoms with Gasteiger partial charge in [-0.1, -0.05) is 51.8 Å². The number of hydrogen-bond acceptors (Lipinski definition) is 8. The number of carbonyl (C=O) groups is 4. The summed E-state index contributed by atoms with van der Waals surface area (Å²) in [6, 6.07) is 3.44. The molecule has 2 heterocycles. The van der Waals surface area contributed by atoms with Gasteiger partial charge in [-0.2, -0.15) is 13.2 Å². The maximum atomic E-state index is 14.3. The molecule has 1 aliphatic carbocycles. The van der Waals surface area contributed by atoms with Crippen molar-refractivity contribution in [2.45, 2.75) is 103 Å². The molecule has 1 saturated heterocycles. The van der Waals surface area contributed by atoms with Crippen LogP contribution in [0.3, 0.4) is 0 Å². The Bertz CT molecular complexity index is 1610. The van der Waals surface area contributed by atoms with Gasteiger partial charge in [0.25, 0.3) is 0 Å². The van der Waals surface area contributed by atoms with E-state index in [0.29, 0.717) is 11.8 Å². The van der Waals surface area contributed by atoms with E-state index in [9.17, 15) is 37.5 Å². The molecular weight excluding hydrogens is 673 g/mol. The van der Waals surface area contributed by atoms with E-state index < -0.39 is 77.3 Å². The lowest BCUT2D eigenvalue weighted by Crippen LogP contribution is -2.59. The third-order valence-corrected chi connectivity index (χ3v) is 8.66. The summed E-state index contributed by atoms with van der Waals surface area (Å²) in [5, 5.41) is 15.7. The number of carbonyl (C=O) groups excluding carboxylic acids is 3. The molecule has 1 aliphatic heterocycles. The van der Waals surface area contributed by atoms with Crippen molar-refractivity contribution in [1.82, 2.24) is 20.5 Å². The lowest BCUT2D eigenvalue weighted by atomic mass is 9.85. The second-order valence-corrected chi connectivity index (χ2v) is 14.9. The molecule has 12 nitrogen and oxygen atoms in total. The van der Waals surface area contributed by atoms with Gasteiger partial charge >= 0.3 is 18.2 Å². The molecule has 3 N–H and O–H groups in total. The molecule has 1 aromatic heterocycles. The normalized spacial score (nSPS) is 23.1. The fraction of sp³-hybridized carbons (Fsp3) is 0.606. The van der Waals surface area contributed by atoms with Crippen LogP contribution in [0.25, 0.3) is 10.9 Å². The average Bonchev–Trinajstić information content (AvgIpc) is 3.53. The van der Waals surface area contributed by atoms with Crippen LogP contribution in [0, 0.1) is 11.3 Å². The minimum absolute atomic E-state index is 0.0395. The SMILES string of the molecule is CCC1CC1(NC(=O)C1CC(Oc2cc(OCC(F)(F)F)nc3c(Cl)cccc23)CN1C(=O)C(NC(=O)OC(C)(C)C)C(C)(C)C)C(=O)O. The molecule has 2 aromatic rings. The first kappa shape index (κ1) is 37.8. The predicted octanol–water partition coefficient (Wildman–Crippen LogP) is 5.49. The van der Waals surface area contributed by atoms with Gasteiger partial charge in [-0.05, 0) is 50.7 Å². The Kier molecular flexibility index (Phi) is 10.6. The van der Waals surface area contributed by atoms with Crippen LogP contribution in [0.5, 0.6) is 11.6 Å². The van der Waals surface area contributed by atoms with Crippen LogP contribution in [-0.4, -0.2) is 87.5 Å². The number of aliphatic carboxylic acids is 1. The number of ether oxygens (including phenoxy) is 3. The zero-order chi connectivity index (χ0) is 36.7. The Hall–Kier alpha value is -4.01. The van der Waals surface area contributed by atoms with Crippen LogP contribution < -0.4 is 20.1 Å². The van der Waals surface area contributed by atoms with E-state index in [0.717, 1.165) is 0 Å². The number of hydrogen-bond donors (Lipinski definition) is 3. The number of nitrogens with zero attached hydrogens (tertiary/aromatic N) is 2. The van der Waals surface area contributed by atoms with E-state index >= 15 is 0 Å². The number of alkyl halides is 3. The van der Waals surface area contributed by atoms with E-state index in [1.54, 1.807) is 53.7 Å². The number of benzene rings is 1. The summed E-state index contributed by atoms with van der Waals surface area (Å²) in [4.78, 5) is 58.5. The molecule has 0 bridgehead atoms. The first-order chi connectivity index (χ1) is 22.5. The smallest absolute Gasteiger partial charge is 0.422 e. The fourth-order valence-electron chi connectivity index (χ4n) is 5.88. The lowest BCUT2D eigenvalue weighted by Gasteiger charge is -2.35. The number of pyridine rings is 1. The third-order valence-electron chi connectivity index (χ3n) is 8.35. The second-order valence-electron chi connectivity index (χ2n) is 14.5. The first-order valence-electron chi connectivity index (χ1n) is 15.9. The van der Waals surface area contributed by atoms with Crippen molar-refractivity contribution < 1.29 is 51.7 Å². The number of rotatable bonds is 10. The Morgan fingerprint density at radius 2 is 1.82 bits per heavy atom. The van der Waals surface area contributed by atoms with Gasteiger partial charge < -0.3 is 34.9 Å². The zero-order valence-corrected chi connectivity index (χ0v) is 29.1. The maximum absolute atomic E-state index is 14.3. The van der Waals surface area contributed by atoms with E-state index in [-0.39, 0.29) is 41.6 Å². The third kappa shape index (κ3) is 8.97. The molecule has 4 rings (SSSR count). The van der Waals surface area contributed by atoms with Crippen molar-refractivity contribution in [3.63, 3.8) is 0 Å². The lowest BCUT2D eigenvalue weighted by molar-refractivity contribution is -0.154. The van der Waals surface area contributed by atoms with Gasteiger partial charge in [0.2, 0.25) is 17.7 Å². The summed E-state index contributed by atoms with van der Waals surface area (Å²) in [7, 11) is 0. The predicted molar refractivity (Wildman–Crippen MR) is 172 cm³/mol. The van der Waals surface area contributed by atoms with E-state index in [4.69, 9.17) is 25.8 Å². The molecule has 2 fully saturated rings. The minimum Gasteiger partial charge on any atom is -0.488 e. The van der Waals surface area contributed by atoms with Crippen LogP contribution >= 0.6 is 11.6 Å². The molecule has 49 heavy (non-hydrogen) atoms. The highest BCUT2D eigenvalue weighted by atomic mass is 35.5. The number of amides is 3. The van der Waals surface area contributed by atoms with Crippen molar-refractivity contribution in [2.24, 2.45) is 11.3 Å². The Balaban J connectivity index is 1.69. The molecule has 16 heteroatoms. The van der Waals surface area contributed by atoms with Crippen LogP contribution in [0.15, 0.2) is 24.3 Å². The van der Waals surface area contributed by atoms with Crippen molar-refractivity contribution in [3.05, 3.63) is 29.3 Å². The number of nitrogens with one attached hydrogen (secondary N) is 2. The molecular formula is C33H42ClF3N4O8. The zero-order valence-electron chi connectivity index (χ0n) is 28.4. The molecule has 1 saturated carbocycles. The van der Waals surface area contributed by atoms with Gasteiger partial charge in [0.05, 0.1) is 17.1 Å². The molecule has 3 amide bonds. The van der Waals surface area contributed by atoms with Gasteiger partial charge in [-0.3, -0.25) is 9.59 Å². The van der Waals surface area contributed by atoms with Crippen LogP contribution in [0.2, 0.25) is 5.02 Å². The van der Waals surface area contributed by atoms with Crippen molar-refractivity contribution in [2.75, 3.05) is 13.2 Å². The minimum atomic E-state index is -4.65. The number of likely N-dealkylation sites (tertiary alicyclic amines) is 1. The van der Waals surface area contributed by atoms with E-state index in [2.05, 4.69) is 15.6 Å². The van der Waals surface area contributed by atoms with E-state index in [1.165, 1.54) is 17.0 Å². The highest BCUT2D eigenvalue weighted by Gasteiger charge is 2.61. The number of alkyl carbamates (subject to hydrolysis) is 1. The molecule has 2 aliphatic rings. The largest absolute Gasteiger partial charge is 0.488 e. The van der Waals surface area contributed by atoms with Gasteiger partial charge in [-0.25, -0.2) is 14.6 Å². The van der Waals surface area contributed by atoms with E-state index in [1.807, 2.05) is 6.92 Å². The molecule has 5 unspecified atom stereocenters. The molecule has 0 radical (unpaired) electrons. The number of carboxylic acids is 1. The van der Waals surface area contributed by atoms with Crippen LogP contribution in [0.1, 0.15) is 67.7 Å². The Morgan fingerprint density at radius 1 is 1.14 bits per heavy atom. The summed E-state index contributed by atoms with van der Waals surface area (Å²) >= 11 is 6.32. The van der Waals surface area contributed by atoms with Crippen LogP contribution in [0.4, 0.5) is 18.0 Å². The molecule has 5 atom stereocenters. The molecule has 270 valence electrons. The van der Waals surface area contributed by atoms with Crippen molar-refractivity contribution >= 4 is 46.4 Å². The summed E-state index contributed by atoms with van der Waals surface area (Å²) in [6.45, 7) is 10.2. The Labute approximate surface area is 287 Å². The molecule has 1 aromatic carbocycles. The molecule has 0 spiro atoms. The van der Waals surface area contributed by atoms with Crippen LogP contribution in [-0.2, 0) is 19.1 Å². The highest BCUT2D eigenvalue weighted by Crippen LogP contribution is 2.46. The number of halogens is 4. The number of fused-ring (bicyclic) bond motifs is 1. The number of carboxylic acid groups (broad SMARTS) is 1. The average molecular weight is 715 g/mol. The van der Waals surface area contributed by atoms with Crippen molar-refractivity contribution in [1.29, 1.82) is 0 Å². The number of aromatic nitrogens is 1. The first-order valence-corrected chi connectivity index (χ1v) is 16.2. The fourth-order valence-corrected chi connectivity index (χ4v) is 6.09. The van der Waals surface area contributed by atoms with Gasteiger partial charge in [0, 0.05) is 17.9 Å². The monoisotopic (exact) mass is 714 g/mol. The highest BCUT2D eigenvalue weighted by molar-refractivity contribution is 6.35. The topological polar surface area (TPSA) is 156 Å². The standard InChI is InChI=1S/C33H42ClF3N4O8/c1-8-17-14-32(17,28(44)45)40-26(42)21-12-18(15-41(21)27(43)25(30(2,3)4)39-29(46)49-31(5,6)7)48-22-13-23(47-16-33(35,36)37)38-24-19(22)10-9-11-20(24)34/h9-11,13,17-18,21,25H,8,12,14-16H2,1-7H3,(H,39,46)(H,40,42)(H,44,45). The van der Waals surface area contributed by atoms with Gasteiger partial charge in [0.1, 0.15) is 35.1 Å². The number of para-hydroxylation sites is 1.